The van der Waals surface area contributed by atoms with E-state index >= 15 is 0 Å². The average molecular weight is 223 g/mol. The molecule has 0 heterocycles. The number of hydrogen-bond donors (Lipinski definition) is 2. The lowest BCUT2D eigenvalue weighted by Crippen LogP contribution is -2.41. The molecule has 1 rings (SSSR count). The van der Waals surface area contributed by atoms with Crippen LogP contribution < -0.4 is 10.6 Å². The SMILES string of the molecule is CCC1CCCC(NCC(=O)NCC#N)C1. The number of nitrogens with zero attached hydrogens (tertiary/aromatic N) is 1. The molecular formula is C12H21N3O. The molecule has 0 aromatic rings. The van der Waals surface area contributed by atoms with Gasteiger partial charge in [-0.2, -0.15) is 5.26 Å². The van der Waals surface area contributed by atoms with Crippen LogP contribution in [0.1, 0.15) is 39.0 Å². The summed E-state index contributed by atoms with van der Waals surface area (Å²) < 4.78 is 0. The second kappa shape index (κ2) is 7.24. The van der Waals surface area contributed by atoms with E-state index in [9.17, 15) is 4.79 Å². The van der Waals surface area contributed by atoms with E-state index < -0.39 is 0 Å². The standard InChI is InChI=1S/C12H21N3O/c1-2-10-4-3-5-11(8-10)15-9-12(16)14-7-6-13/h10-11,15H,2-5,7-9H2,1H3,(H,14,16). The third-order valence-electron chi connectivity index (χ3n) is 3.28. The van der Waals surface area contributed by atoms with E-state index in [4.69, 9.17) is 5.26 Å². The summed E-state index contributed by atoms with van der Waals surface area (Å²) in [5.74, 6) is 0.730. The Balaban J connectivity index is 2.17. The van der Waals surface area contributed by atoms with Crippen LogP contribution in [0, 0.1) is 17.2 Å². The third kappa shape index (κ3) is 4.63. The van der Waals surface area contributed by atoms with Gasteiger partial charge in [-0.3, -0.25) is 4.79 Å². The fraction of sp³-hybridized carbons (Fsp3) is 0.833. The first-order chi connectivity index (χ1) is 7.76. The molecule has 2 unspecified atom stereocenters. The lowest BCUT2D eigenvalue weighted by molar-refractivity contribution is -0.120. The summed E-state index contributed by atoms with van der Waals surface area (Å²) in [5, 5.41) is 14.1. The maximum Gasteiger partial charge on any atom is 0.234 e. The summed E-state index contributed by atoms with van der Waals surface area (Å²) in [7, 11) is 0. The van der Waals surface area contributed by atoms with Crippen LogP contribution in [0.2, 0.25) is 0 Å². The average Bonchev–Trinajstić information content (AvgIpc) is 2.34. The zero-order valence-electron chi connectivity index (χ0n) is 9.96. The van der Waals surface area contributed by atoms with Crippen molar-refractivity contribution in [3.8, 4) is 6.07 Å². The Morgan fingerprint density at radius 3 is 3.00 bits per heavy atom. The molecule has 2 N–H and O–H groups in total. The summed E-state index contributed by atoms with van der Waals surface area (Å²) in [6.07, 6.45) is 6.17. The van der Waals surface area contributed by atoms with Gasteiger partial charge >= 0.3 is 0 Å². The van der Waals surface area contributed by atoms with Gasteiger partial charge in [-0.1, -0.05) is 26.2 Å². The molecule has 0 aromatic carbocycles. The largest absolute Gasteiger partial charge is 0.342 e. The molecule has 90 valence electrons. The van der Waals surface area contributed by atoms with E-state index in [1.54, 1.807) is 0 Å². The highest BCUT2D eigenvalue weighted by Gasteiger charge is 2.20. The van der Waals surface area contributed by atoms with Crippen molar-refractivity contribution >= 4 is 5.91 Å². The van der Waals surface area contributed by atoms with Gasteiger partial charge in [0.1, 0.15) is 6.54 Å². The second-order valence-corrected chi connectivity index (χ2v) is 4.45. The number of hydrogen-bond acceptors (Lipinski definition) is 3. The lowest BCUT2D eigenvalue weighted by Gasteiger charge is -2.29. The maximum atomic E-state index is 11.3. The number of nitrogens with one attached hydrogen (secondary N) is 2. The minimum Gasteiger partial charge on any atom is -0.342 e. The molecule has 0 spiro atoms. The van der Waals surface area contributed by atoms with Gasteiger partial charge < -0.3 is 10.6 Å². The Kier molecular flexibility index (Phi) is 5.87. The summed E-state index contributed by atoms with van der Waals surface area (Å²) in [6.45, 7) is 2.66. The van der Waals surface area contributed by atoms with E-state index in [0.717, 1.165) is 5.92 Å². The van der Waals surface area contributed by atoms with Crippen LogP contribution in [0.25, 0.3) is 0 Å². The molecule has 1 fully saturated rings. The van der Waals surface area contributed by atoms with Crippen LogP contribution in [0.3, 0.4) is 0 Å². The lowest BCUT2D eigenvalue weighted by atomic mass is 9.84. The monoisotopic (exact) mass is 223 g/mol. The molecule has 0 aromatic heterocycles. The van der Waals surface area contributed by atoms with Crippen LogP contribution in [-0.2, 0) is 4.79 Å². The van der Waals surface area contributed by atoms with Gasteiger partial charge in [0.05, 0.1) is 12.6 Å². The minimum atomic E-state index is -0.0832. The van der Waals surface area contributed by atoms with Gasteiger partial charge in [-0.15, -0.1) is 0 Å². The third-order valence-corrected chi connectivity index (χ3v) is 3.28. The zero-order valence-corrected chi connectivity index (χ0v) is 9.96. The first-order valence-corrected chi connectivity index (χ1v) is 6.13. The molecule has 16 heavy (non-hydrogen) atoms. The van der Waals surface area contributed by atoms with Crippen molar-refractivity contribution in [2.24, 2.45) is 5.92 Å². The molecule has 0 saturated heterocycles. The Morgan fingerprint density at radius 2 is 2.31 bits per heavy atom. The Labute approximate surface area is 97.4 Å². The number of carbonyl (C=O) groups is 1. The normalized spacial score (nSPS) is 24.8. The van der Waals surface area contributed by atoms with Crippen LogP contribution in [-0.4, -0.2) is 25.0 Å². The number of nitriles is 1. The molecule has 4 nitrogen and oxygen atoms in total. The quantitative estimate of drug-likeness (QED) is 0.688. The highest BCUT2D eigenvalue weighted by Crippen LogP contribution is 2.26. The fourth-order valence-electron chi connectivity index (χ4n) is 2.28. The second-order valence-electron chi connectivity index (χ2n) is 4.45. The van der Waals surface area contributed by atoms with Crippen molar-refractivity contribution in [3.05, 3.63) is 0 Å². The predicted octanol–water partition coefficient (Wildman–Crippen LogP) is 1.18. The number of carbonyl (C=O) groups excluding carboxylic acids is 1. The van der Waals surface area contributed by atoms with Crippen molar-refractivity contribution in [1.29, 1.82) is 5.26 Å². The first-order valence-electron chi connectivity index (χ1n) is 6.13. The topological polar surface area (TPSA) is 64.9 Å². The van der Waals surface area contributed by atoms with Gasteiger partial charge in [0.15, 0.2) is 0 Å². The highest BCUT2D eigenvalue weighted by molar-refractivity contribution is 5.78. The molecule has 0 radical (unpaired) electrons. The van der Waals surface area contributed by atoms with Crippen LogP contribution >= 0.6 is 0 Å². The van der Waals surface area contributed by atoms with Crippen molar-refractivity contribution < 1.29 is 4.79 Å². The Morgan fingerprint density at radius 1 is 1.50 bits per heavy atom. The van der Waals surface area contributed by atoms with Crippen LogP contribution in [0.15, 0.2) is 0 Å². The van der Waals surface area contributed by atoms with Crippen molar-refractivity contribution in [2.75, 3.05) is 13.1 Å². The van der Waals surface area contributed by atoms with Crippen molar-refractivity contribution in [2.45, 2.75) is 45.1 Å². The maximum absolute atomic E-state index is 11.3. The summed E-state index contributed by atoms with van der Waals surface area (Å²) in [6, 6.07) is 2.37. The molecule has 0 aliphatic heterocycles. The van der Waals surface area contributed by atoms with E-state index in [2.05, 4.69) is 17.6 Å². The molecule has 0 bridgehead atoms. The Bertz CT molecular complexity index is 259. The number of rotatable bonds is 5. The zero-order chi connectivity index (χ0) is 11.8. The van der Waals surface area contributed by atoms with Crippen molar-refractivity contribution in [1.82, 2.24) is 10.6 Å². The molecule has 1 aliphatic rings. The van der Waals surface area contributed by atoms with Gasteiger partial charge in [0.2, 0.25) is 5.91 Å². The van der Waals surface area contributed by atoms with E-state index in [1.807, 2.05) is 6.07 Å². The summed E-state index contributed by atoms with van der Waals surface area (Å²) in [5.41, 5.74) is 0. The molecule has 1 amide bonds. The highest BCUT2D eigenvalue weighted by atomic mass is 16.1. The summed E-state index contributed by atoms with van der Waals surface area (Å²) in [4.78, 5) is 11.3. The van der Waals surface area contributed by atoms with E-state index in [-0.39, 0.29) is 12.5 Å². The molecule has 1 aliphatic carbocycles. The van der Waals surface area contributed by atoms with Crippen molar-refractivity contribution in [3.63, 3.8) is 0 Å². The number of amides is 1. The predicted molar refractivity (Wildman–Crippen MR) is 62.7 cm³/mol. The van der Waals surface area contributed by atoms with E-state index in [0.29, 0.717) is 12.6 Å². The van der Waals surface area contributed by atoms with Crippen LogP contribution in [0.4, 0.5) is 0 Å². The van der Waals surface area contributed by atoms with Gasteiger partial charge in [0, 0.05) is 6.04 Å². The molecule has 1 saturated carbocycles. The van der Waals surface area contributed by atoms with Gasteiger partial charge in [0.25, 0.3) is 0 Å². The van der Waals surface area contributed by atoms with Crippen LogP contribution in [0.5, 0.6) is 0 Å². The summed E-state index contributed by atoms with van der Waals surface area (Å²) >= 11 is 0. The smallest absolute Gasteiger partial charge is 0.234 e. The minimum absolute atomic E-state index is 0.0832. The van der Waals surface area contributed by atoms with Gasteiger partial charge in [-0.25, -0.2) is 0 Å². The first kappa shape index (κ1) is 13.0. The van der Waals surface area contributed by atoms with E-state index in [1.165, 1.54) is 32.1 Å². The van der Waals surface area contributed by atoms with Gasteiger partial charge in [-0.05, 0) is 18.8 Å². The molecule has 2 atom stereocenters. The Hall–Kier alpha value is -1.08. The molecule has 4 heteroatoms. The fourth-order valence-corrected chi connectivity index (χ4v) is 2.28. The molecular weight excluding hydrogens is 202 g/mol.